The average molecular weight is 298 g/mol. The van der Waals surface area contributed by atoms with Crippen molar-refractivity contribution in [2.24, 2.45) is 5.92 Å². The first-order valence-corrected chi connectivity index (χ1v) is 7.53. The molecule has 5 nitrogen and oxygen atoms in total. The minimum atomic E-state index is -0.912. The molecule has 0 aliphatic heterocycles. The van der Waals surface area contributed by atoms with Gasteiger partial charge in [0.25, 0.3) is 0 Å². The van der Waals surface area contributed by atoms with E-state index in [1.165, 1.54) is 0 Å². The Morgan fingerprint density at radius 3 is 2.55 bits per heavy atom. The molecule has 1 aromatic heterocycles. The van der Waals surface area contributed by atoms with Crippen LogP contribution in [0.1, 0.15) is 31.7 Å². The summed E-state index contributed by atoms with van der Waals surface area (Å²) in [5.41, 5.74) is 0. The van der Waals surface area contributed by atoms with E-state index in [0.29, 0.717) is 12.5 Å². The fourth-order valence-electron chi connectivity index (χ4n) is 1.99. The maximum Gasteiger partial charge on any atom is 0.317 e. The molecule has 0 aromatic carbocycles. The van der Waals surface area contributed by atoms with Gasteiger partial charge in [-0.1, -0.05) is 19.9 Å². The summed E-state index contributed by atoms with van der Waals surface area (Å²) in [4.78, 5) is 25.5. The molecule has 0 saturated carbocycles. The molecule has 20 heavy (non-hydrogen) atoms. The van der Waals surface area contributed by atoms with E-state index in [0.717, 1.165) is 4.88 Å². The van der Waals surface area contributed by atoms with E-state index in [2.05, 4.69) is 5.32 Å². The van der Waals surface area contributed by atoms with Crippen LogP contribution in [0.4, 0.5) is 0 Å². The average Bonchev–Trinajstić information content (AvgIpc) is 2.79. The van der Waals surface area contributed by atoms with Crippen LogP contribution in [0.2, 0.25) is 0 Å². The standard InChI is InChI=1S/C14H22N2O3S/c1-10(2)7-16(9-14(18)19)8-13(17)15-11(3)12-5-4-6-20-12/h4-6,10-11H,7-9H2,1-3H3,(H,15,17)(H,18,19). The molecule has 0 aliphatic carbocycles. The molecule has 0 radical (unpaired) electrons. The summed E-state index contributed by atoms with van der Waals surface area (Å²) in [5, 5.41) is 13.7. The van der Waals surface area contributed by atoms with Crippen molar-refractivity contribution >= 4 is 23.2 Å². The Bertz CT molecular complexity index is 432. The summed E-state index contributed by atoms with van der Waals surface area (Å²) in [6.07, 6.45) is 0. The van der Waals surface area contributed by atoms with Crippen LogP contribution in [0.15, 0.2) is 17.5 Å². The maximum atomic E-state index is 12.0. The van der Waals surface area contributed by atoms with Crippen LogP contribution < -0.4 is 5.32 Å². The van der Waals surface area contributed by atoms with Crippen molar-refractivity contribution < 1.29 is 14.7 Å². The predicted octanol–water partition coefficient (Wildman–Crippen LogP) is 1.97. The zero-order valence-electron chi connectivity index (χ0n) is 12.1. The van der Waals surface area contributed by atoms with E-state index in [9.17, 15) is 9.59 Å². The number of hydrogen-bond acceptors (Lipinski definition) is 4. The van der Waals surface area contributed by atoms with E-state index in [-0.39, 0.29) is 25.0 Å². The number of carbonyl (C=O) groups is 2. The SMILES string of the molecule is CC(C)CN(CC(=O)O)CC(=O)NC(C)c1cccs1. The van der Waals surface area contributed by atoms with Gasteiger partial charge in [0.2, 0.25) is 5.91 Å². The number of carbonyl (C=O) groups excluding carboxylic acids is 1. The lowest BCUT2D eigenvalue weighted by atomic mass is 10.2. The quantitative estimate of drug-likeness (QED) is 0.770. The molecule has 1 aromatic rings. The summed E-state index contributed by atoms with van der Waals surface area (Å²) in [6, 6.07) is 3.87. The second-order valence-electron chi connectivity index (χ2n) is 5.26. The van der Waals surface area contributed by atoms with Crippen molar-refractivity contribution in [3.8, 4) is 0 Å². The molecule has 0 saturated heterocycles. The number of carboxylic acids is 1. The molecule has 0 fully saturated rings. The summed E-state index contributed by atoms with van der Waals surface area (Å²) in [7, 11) is 0. The fraction of sp³-hybridized carbons (Fsp3) is 0.571. The highest BCUT2D eigenvalue weighted by atomic mass is 32.1. The van der Waals surface area contributed by atoms with E-state index in [1.807, 2.05) is 38.3 Å². The number of carboxylic acid groups (broad SMARTS) is 1. The van der Waals surface area contributed by atoms with Gasteiger partial charge in [-0.15, -0.1) is 11.3 Å². The molecular weight excluding hydrogens is 276 g/mol. The van der Waals surface area contributed by atoms with Gasteiger partial charge in [-0.05, 0) is 24.3 Å². The fourth-order valence-corrected chi connectivity index (χ4v) is 2.73. The van der Waals surface area contributed by atoms with E-state index < -0.39 is 5.97 Å². The Balaban J connectivity index is 2.50. The zero-order chi connectivity index (χ0) is 15.1. The highest BCUT2D eigenvalue weighted by Crippen LogP contribution is 2.17. The van der Waals surface area contributed by atoms with E-state index in [4.69, 9.17) is 5.11 Å². The zero-order valence-corrected chi connectivity index (χ0v) is 12.9. The predicted molar refractivity (Wildman–Crippen MR) is 79.8 cm³/mol. The molecule has 0 bridgehead atoms. The number of thiophene rings is 1. The molecule has 0 spiro atoms. The van der Waals surface area contributed by atoms with Gasteiger partial charge >= 0.3 is 5.97 Å². The number of aliphatic carboxylic acids is 1. The second-order valence-corrected chi connectivity index (χ2v) is 6.24. The Hall–Kier alpha value is -1.40. The first kappa shape index (κ1) is 16.7. The topological polar surface area (TPSA) is 69.6 Å². The van der Waals surface area contributed by atoms with Gasteiger partial charge < -0.3 is 10.4 Å². The molecule has 1 atom stereocenters. The van der Waals surface area contributed by atoms with Crippen molar-refractivity contribution in [3.63, 3.8) is 0 Å². The molecule has 112 valence electrons. The van der Waals surface area contributed by atoms with E-state index >= 15 is 0 Å². The van der Waals surface area contributed by atoms with Gasteiger partial charge in [-0.3, -0.25) is 14.5 Å². The summed E-state index contributed by atoms with van der Waals surface area (Å²) < 4.78 is 0. The molecule has 1 amide bonds. The van der Waals surface area contributed by atoms with Gasteiger partial charge in [0.05, 0.1) is 19.1 Å². The largest absolute Gasteiger partial charge is 0.480 e. The Morgan fingerprint density at radius 1 is 1.35 bits per heavy atom. The highest BCUT2D eigenvalue weighted by Gasteiger charge is 2.17. The van der Waals surface area contributed by atoms with Crippen LogP contribution >= 0.6 is 11.3 Å². The Labute approximate surface area is 123 Å². The van der Waals surface area contributed by atoms with Gasteiger partial charge in [-0.2, -0.15) is 0 Å². The number of nitrogens with zero attached hydrogens (tertiary/aromatic N) is 1. The molecule has 2 N–H and O–H groups in total. The van der Waals surface area contributed by atoms with Crippen molar-refractivity contribution in [1.29, 1.82) is 0 Å². The Kier molecular flexibility index (Phi) is 6.67. The third-order valence-electron chi connectivity index (χ3n) is 2.70. The van der Waals surface area contributed by atoms with Crippen LogP contribution in [0.5, 0.6) is 0 Å². The van der Waals surface area contributed by atoms with Crippen LogP contribution in [0.25, 0.3) is 0 Å². The number of rotatable bonds is 8. The van der Waals surface area contributed by atoms with Crippen molar-refractivity contribution in [2.75, 3.05) is 19.6 Å². The lowest BCUT2D eigenvalue weighted by molar-refractivity contribution is -0.138. The smallest absolute Gasteiger partial charge is 0.317 e. The number of hydrogen-bond donors (Lipinski definition) is 2. The third-order valence-corrected chi connectivity index (χ3v) is 3.75. The van der Waals surface area contributed by atoms with E-state index in [1.54, 1.807) is 16.2 Å². The van der Waals surface area contributed by atoms with Gasteiger partial charge in [-0.25, -0.2) is 0 Å². The third kappa shape index (κ3) is 6.16. The first-order valence-electron chi connectivity index (χ1n) is 6.65. The monoisotopic (exact) mass is 298 g/mol. The summed E-state index contributed by atoms with van der Waals surface area (Å²) in [5.74, 6) is -0.741. The lowest BCUT2D eigenvalue weighted by Crippen LogP contribution is -2.42. The lowest BCUT2D eigenvalue weighted by Gasteiger charge is -2.22. The first-order chi connectivity index (χ1) is 9.38. The highest BCUT2D eigenvalue weighted by molar-refractivity contribution is 7.10. The number of nitrogens with one attached hydrogen (secondary N) is 1. The van der Waals surface area contributed by atoms with Crippen molar-refractivity contribution in [2.45, 2.75) is 26.8 Å². The van der Waals surface area contributed by atoms with Crippen LogP contribution in [-0.2, 0) is 9.59 Å². The van der Waals surface area contributed by atoms with Crippen LogP contribution in [0, 0.1) is 5.92 Å². The summed E-state index contributed by atoms with van der Waals surface area (Å²) in [6.45, 7) is 6.52. The van der Waals surface area contributed by atoms with Gasteiger partial charge in [0, 0.05) is 11.4 Å². The molecule has 1 rings (SSSR count). The summed E-state index contributed by atoms with van der Waals surface area (Å²) >= 11 is 1.59. The molecule has 0 aliphatic rings. The normalized spacial score (nSPS) is 12.7. The molecule has 6 heteroatoms. The Morgan fingerprint density at radius 2 is 2.05 bits per heavy atom. The second kappa shape index (κ2) is 8.01. The molecule has 1 unspecified atom stereocenters. The van der Waals surface area contributed by atoms with Crippen LogP contribution in [-0.4, -0.2) is 41.5 Å². The minimum absolute atomic E-state index is 0.0479. The van der Waals surface area contributed by atoms with Crippen molar-refractivity contribution in [1.82, 2.24) is 10.2 Å². The molecular formula is C14H22N2O3S. The van der Waals surface area contributed by atoms with Gasteiger partial charge in [0.15, 0.2) is 0 Å². The minimum Gasteiger partial charge on any atom is -0.480 e. The van der Waals surface area contributed by atoms with Crippen molar-refractivity contribution in [3.05, 3.63) is 22.4 Å². The number of amides is 1. The van der Waals surface area contributed by atoms with Gasteiger partial charge in [0.1, 0.15) is 0 Å². The van der Waals surface area contributed by atoms with Crippen LogP contribution in [0.3, 0.4) is 0 Å². The molecule has 1 heterocycles. The maximum absolute atomic E-state index is 12.0.